The van der Waals surface area contributed by atoms with Gasteiger partial charge in [-0.25, -0.2) is 0 Å². The molecule has 0 spiro atoms. The maximum atomic E-state index is 8.91. The number of nitriles is 1. The second-order valence-electron chi connectivity index (χ2n) is 4.15. The molecule has 0 amide bonds. The van der Waals surface area contributed by atoms with Crippen molar-refractivity contribution in [3.05, 3.63) is 47.2 Å². The molecule has 2 aromatic rings. The maximum Gasteiger partial charge on any atom is 0.128 e. The van der Waals surface area contributed by atoms with Gasteiger partial charge in [0.1, 0.15) is 11.8 Å². The van der Waals surface area contributed by atoms with E-state index in [-0.39, 0.29) is 0 Å². The second-order valence-corrected chi connectivity index (χ2v) is 4.15. The van der Waals surface area contributed by atoms with Gasteiger partial charge in [0, 0.05) is 5.56 Å². The fourth-order valence-corrected chi connectivity index (χ4v) is 1.85. The zero-order valence-electron chi connectivity index (χ0n) is 10.7. The Hall–Kier alpha value is -2.34. The van der Waals surface area contributed by atoms with Crippen LogP contribution in [-0.4, -0.2) is 12.1 Å². The summed E-state index contributed by atoms with van der Waals surface area (Å²) in [5.41, 5.74) is 4.26. The summed E-state index contributed by atoms with van der Waals surface area (Å²) >= 11 is 0. The molecule has 0 aliphatic heterocycles. The molecule has 18 heavy (non-hydrogen) atoms. The minimum absolute atomic E-state index is 0.602. The van der Waals surface area contributed by atoms with Gasteiger partial charge in [0.15, 0.2) is 0 Å². The number of hydrogen-bond donors (Lipinski definition) is 0. The van der Waals surface area contributed by atoms with E-state index >= 15 is 0 Å². The lowest BCUT2D eigenvalue weighted by atomic mass is 10.1. The van der Waals surface area contributed by atoms with E-state index in [4.69, 9.17) is 10.00 Å². The monoisotopic (exact) mass is 238 g/mol. The average Bonchev–Trinajstić information content (AvgIpc) is 2.38. The molecule has 0 saturated heterocycles. The molecule has 0 bridgehead atoms. The van der Waals surface area contributed by atoms with Crippen molar-refractivity contribution in [2.75, 3.05) is 7.11 Å². The summed E-state index contributed by atoms with van der Waals surface area (Å²) in [6.07, 6.45) is 0. The first-order valence-electron chi connectivity index (χ1n) is 5.68. The second kappa shape index (κ2) is 4.89. The van der Waals surface area contributed by atoms with Gasteiger partial charge in [0.2, 0.25) is 0 Å². The summed E-state index contributed by atoms with van der Waals surface area (Å²) in [6.45, 7) is 3.86. The van der Waals surface area contributed by atoms with Crippen molar-refractivity contribution >= 4 is 0 Å². The van der Waals surface area contributed by atoms with Crippen LogP contribution in [0.15, 0.2) is 30.3 Å². The third-order valence-corrected chi connectivity index (χ3v) is 2.84. The van der Waals surface area contributed by atoms with Crippen LogP contribution in [0, 0.1) is 25.2 Å². The van der Waals surface area contributed by atoms with Crippen LogP contribution in [0.4, 0.5) is 0 Å². The predicted octanol–water partition coefficient (Wildman–Crippen LogP) is 3.25. The Bertz CT molecular complexity index is 627. The number of benzene rings is 1. The third-order valence-electron chi connectivity index (χ3n) is 2.84. The molecular weight excluding hydrogens is 224 g/mol. The lowest BCUT2D eigenvalue weighted by molar-refractivity contribution is 0.416. The average molecular weight is 238 g/mol. The standard InChI is InChI=1S/C15H14N2O/c1-10-4-7-15(18-3)13(8-10)14-6-5-12(9-16)11(2)17-14/h4-8H,1-3H3. The zero-order valence-corrected chi connectivity index (χ0v) is 10.7. The maximum absolute atomic E-state index is 8.91. The number of hydrogen-bond acceptors (Lipinski definition) is 3. The summed E-state index contributed by atoms with van der Waals surface area (Å²) in [7, 11) is 1.64. The Kier molecular flexibility index (Phi) is 3.29. The normalized spacial score (nSPS) is 9.89. The van der Waals surface area contributed by atoms with E-state index in [0.29, 0.717) is 5.56 Å². The molecule has 0 N–H and O–H groups in total. The molecule has 1 heterocycles. The molecule has 90 valence electrons. The lowest BCUT2D eigenvalue weighted by Crippen LogP contribution is -1.94. The topological polar surface area (TPSA) is 45.9 Å². The van der Waals surface area contributed by atoms with Gasteiger partial charge in [0.05, 0.1) is 24.1 Å². The van der Waals surface area contributed by atoms with Crippen molar-refractivity contribution in [1.82, 2.24) is 4.98 Å². The summed E-state index contributed by atoms with van der Waals surface area (Å²) in [4.78, 5) is 4.46. The molecule has 3 nitrogen and oxygen atoms in total. The van der Waals surface area contributed by atoms with E-state index in [1.54, 1.807) is 13.2 Å². The molecule has 0 saturated carbocycles. The van der Waals surface area contributed by atoms with Gasteiger partial charge in [-0.3, -0.25) is 4.98 Å². The molecule has 0 aliphatic rings. The first-order valence-corrected chi connectivity index (χ1v) is 5.68. The van der Waals surface area contributed by atoms with Crippen molar-refractivity contribution < 1.29 is 4.74 Å². The lowest BCUT2D eigenvalue weighted by Gasteiger charge is -2.10. The van der Waals surface area contributed by atoms with E-state index < -0.39 is 0 Å². The number of pyridine rings is 1. The SMILES string of the molecule is COc1ccc(C)cc1-c1ccc(C#N)c(C)n1. The van der Waals surface area contributed by atoms with Gasteiger partial charge in [-0.2, -0.15) is 5.26 Å². The van der Waals surface area contributed by atoms with Crippen molar-refractivity contribution in [1.29, 1.82) is 5.26 Å². The molecular formula is C15H14N2O. The highest BCUT2D eigenvalue weighted by molar-refractivity contribution is 5.68. The van der Waals surface area contributed by atoms with Gasteiger partial charge in [-0.1, -0.05) is 11.6 Å². The molecule has 0 aliphatic carbocycles. The van der Waals surface area contributed by atoms with Gasteiger partial charge in [0.25, 0.3) is 0 Å². The number of aromatic nitrogens is 1. The van der Waals surface area contributed by atoms with Crippen LogP contribution in [0.2, 0.25) is 0 Å². The van der Waals surface area contributed by atoms with Crippen LogP contribution in [-0.2, 0) is 0 Å². The van der Waals surface area contributed by atoms with Crippen LogP contribution in [0.5, 0.6) is 5.75 Å². The van der Waals surface area contributed by atoms with Crippen LogP contribution >= 0.6 is 0 Å². The highest BCUT2D eigenvalue weighted by Gasteiger charge is 2.09. The van der Waals surface area contributed by atoms with Crippen LogP contribution in [0.25, 0.3) is 11.3 Å². The summed E-state index contributed by atoms with van der Waals surface area (Å²) in [6, 6.07) is 11.7. The fourth-order valence-electron chi connectivity index (χ4n) is 1.85. The van der Waals surface area contributed by atoms with Gasteiger partial charge in [-0.05, 0) is 38.1 Å². The van der Waals surface area contributed by atoms with Gasteiger partial charge < -0.3 is 4.74 Å². The van der Waals surface area contributed by atoms with Crippen molar-refractivity contribution in [2.45, 2.75) is 13.8 Å². The minimum Gasteiger partial charge on any atom is -0.496 e. The predicted molar refractivity (Wildman–Crippen MR) is 70.4 cm³/mol. The highest BCUT2D eigenvalue weighted by atomic mass is 16.5. The molecule has 0 unspecified atom stereocenters. The number of ether oxygens (including phenoxy) is 1. The van der Waals surface area contributed by atoms with Crippen LogP contribution in [0.3, 0.4) is 0 Å². The van der Waals surface area contributed by atoms with E-state index in [0.717, 1.165) is 28.3 Å². The molecule has 2 rings (SSSR count). The first kappa shape index (κ1) is 12.1. The molecule has 0 atom stereocenters. The van der Waals surface area contributed by atoms with E-state index in [1.165, 1.54) is 0 Å². The number of aryl methyl sites for hydroxylation is 2. The van der Waals surface area contributed by atoms with Crippen molar-refractivity contribution in [2.24, 2.45) is 0 Å². The number of methoxy groups -OCH3 is 1. The smallest absolute Gasteiger partial charge is 0.128 e. The Morgan fingerprint density at radius 2 is 1.94 bits per heavy atom. The molecule has 3 heteroatoms. The quantitative estimate of drug-likeness (QED) is 0.806. The number of nitrogens with zero attached hydrogens (tertiary/aromatic N) is 2. The Labute approximate surface area is 107 Å². The Morgan fingerprint density at radius 1 is 1.17 bits per heavy atom. The molecule has 1 aromatic heterocycles. The largest absolute Gasteiger partial charge is 0.496 e. The Balaban J connectivity index is 2.58. The van der Waals surface area contributed by atoms with E-state index in [2.05, 4.69) is 11.1 Å². The molecule has 0 fully saturated rings. The molecule has 1 aromatic carbocycles. The summed E-state index contributed by atoms with van der Waals surface area (Å²) in [5.74, 6) is 0.789. The van der Waals surface area contributed by atoms with Crippen molar-refractivity contribution in [3.8, 4) is 23.1 Å². The van der Waals surface area contributed by atoms with E-state index in [1.807, 2.05) is 38.1 Å². The third kappa shape index (κ3) is 2.18. The summed E-state index contributed by atoms with van der Waals surface area (Å²) < 4.78 is 5.35. The minimum atomic E-state index is 0.602. The molecule has 0 radical (unpaired) electrons. The summed E-state index contributed by atoms with van der Waals surface area (Å²) in [5, 5.41) is 8.91. The van der Waals surface area contributed by atoms with Gasteiger partial charge in [-0.15, -0.1) is 0 Å². The first-order chi connectivity index (χ1) is 8.65. The van der Waals surface area contributed by atoms with Crippen molar-refractivity contribution in [3.63, 3.8) is 0 Å². The number of rotatable bonds is 2. The fraction of sp³-hybridized carbons (Fsp3) is 0.200. The van der Waals surface area contributed by atoms with E-state index in [9.17, 15) is 0 Å². The highest BCUT2D eigenvalue weighted by Crippen LogP contribution is 2.29. The van der Waals surface area contributed by atoms with Crippen LogP contribution in [0.1, 0.15) is 16.8 Å². The Morgan fingerprint density at radius 3 is 2.56 bits per heavy atom. The van der Waals surface area contributed by atoms with Gasteiger partial charge >= 0.3 is 0 Å². The van der Waals surface area contributed by atoms with Crippen LogP contribution < -0.4 is 4.74 Å². The zero-order chi connectivity index (χ0) is 13.1.